The van der Waals surface area contributed by atoms with E-state index in [1.165, 1.54) is 0 Å². The zero-order valence-corrected chi connectivity index (χ0v) is 8.25. The topological polar surface area (TPSA) is 100 Å². The summed E-state index contributed by atoms with van der Waals surface area (Å²) in [6.45, 7) is 3.24. The Morgan fingerprint density at radius 1 is 1.79 bits per heavy atom. The first-order chi connectivity index (χ1) is 6.70. The molecule has 0 saturated heterocycles. The second-order valence-electron chi connectivity index (χ2n) is 3.16. The monoisotopic (exact) mass is 193 g/mol. The Morgan fingerprint density at radius 3 is 3.07 bits per heavy atom. The average molecular weight is 193 g/mol. The third kappa shape index (κ3) is 1.96. The number of nitrogens with one attached hydrogen (secondary N) is 1. The molecule has 0 aliphatic carbocycles. The molecule has 1 unspecified atom stereocenters. The molecule has 1 aliphatic rings. The van der Waals surface area contributed by atoms with Crippen molar-refractivity contribution in [2.75, 3.05) is 13.1 Å². The van der Waals surface area contributed by atoms with Gasteiger partial charge in [0.05, 0.1) is 24.1 Å². The van der Waals surface area contributed by atoms with Gasteiger partial charge in [-0.3, -0.25) is 4.99 Å². The Morgan fingerprint density at radius 2 is 2.50 bits per heavy atom. The average Bonchev–Trinajstić information content (AvgIpc) is 2.56. The van der Waals surface area contributed by atoms with E-state index in [4.69, 9.17) is 16.7 Å². The van der Waals surface area contributed by atoms with Crippen LogP contribution in [0, 0.1) is 17.2 Å². The van der Waals surface area contributed by atoms with E-state index < -0.39 is 0 Å². The Balaban J connectivity index is 2.81. The van der Waals surface area contributed by atoms with E-state index in [0.29, 0.717) is 23.8 Å². The van der Waals surface area contributed by atoms with Gasteiger partial charge in [0, 0.05) is 6.54 Å². The highest BCUT2D eigenvalue weighted by Gasteiger charge is 2.25. The van der Waals surface area contributed by atoms with Crippen LogP contribution in [-0.4, -0.2) is 18.9 Å². The fourth-order valence-electron chi connectivity index (χ4n) is 1.33. The molecule has 1 rings (SSSR count). The summed E-state index contributed by atoms with van der Waals surface area (Å²) in [5.41, 5.74) is 12.1. The molecule has 0 aromatic rings. The van der Waals surface area contributed by atoms with Gasteiger partial charge >= 0.3 is 0 Å². The summed E-state index contributed by atoms with van der Waals surface area (Å²) in [5.74, 6) is 0.578. The van der Waals surface area contributed by atoms with Crippen LogP contribution in [0.5, 0.6) is 0 Å². The van der Waals surface area contributed by atoms with E-state index >= 15 is 0 Å². The highest BCUT2D eigenvalue weighted by molar-refractivity contribution is 6.00. The Bertz CT molecular complexity index is 310. The zero-order chi connectivity index (χ0) is 10.6. The van der Waals surface area contributed by atoms with E-state index in [1.54, 1.807) is 0 Å². The van der Waals surface area contributed by atoms with E-state index in [9.17, 15) is 0 Å². The molecule has 76 valence electrons. The molecule has 5 nitrogen and oxygen atoms in total. The van der Waals surface area contributed by atoms with Crippen LogP contribution < -0.4 is 16.8 Å². The molecular formula is C9H15N5. The van der Waals surface area contributed by atoms with Crippen LogP contribution in [0.25, 0.3) is 0 Å². The molecule has 0 saturated carbocycles. The van der Waals surface area contributed by atoms with Crippen molar-refractivity contribution in [1.82, 2.24) is 5.32 Å². The van der Waals surface area contributed by atoms with Crippen LogP contribution in [0.2, 0.25) is 0 Å². The molecule has 0 spiro atoms. The van der Waals surface area contributed by atoms with Crippen molar-refractivity contribution in [2.45, 2.75) is 13.3 Å². The molecular weight excluding hydrogens is 178 g/mol. The first-order valence-electron chi connectivity index (χ1n) is 4.64. The number of hydrogen-bond acceptors (Lipinski definition) is 5. The summed E-state index contributed by atoms with van der Waals surface area (Å²) in [5, 5.41) is 11.8. The second kappa shape index (κ2) is 4.51. The Hall–Kier alpha value is -1.70. The number of nitrogens with two attached hydrogens (primary N) is 2. The molecule has 1 atom stereocenters. The smallest absolute Gasteiger partial charge is 0.126 e. The van der Waals surface area contributed by atoms with Crippen LogP contribution >= 0.6 is 0 Å². The summed E-state index contributed by atoms with van der Waals surface area (Å²) >= 11 is 0. The molecule has 0 radical (unpaired) electrons. The summed E-state index contributed by atoms with van der Waals surface area (Å²) in [4.78, 5) is 3.99. The molecule has 5 N–H and O–H groups in total. The molecule has 5 heteroatoms. The van der Waals surface area contributed by atoms with Gasteiger partial charge in [-0.2, -0.15) is 5.26 Å². The van der Waals surface area contributed by atoms with Crippen molar-refractivity contribution in [3.8, 4) is 6.07 Å². The van der Waals surface area contributed by atoms with Crippen molar-refractivity contribution in [1.29, 1.82) is 5.26 Å². The lowest BCUT2D eigenvalue weighted by atomic mass is 10.0. The maximum atomic E-state index is 8.83. The number of rotatable bonds is 3. The number of nitrogens with zero attached hydrogens (tertiary/aromatic N) is 2. The third-order valence-corrected chi connectivity index (χ3v) is 2.08. The number of hydrogen-bond donors (Lipinski definition) is 3. The van der Waals surface area contributed by atoms with Crippen molar-refractivity contribution in [3.05, 3.63) is 11.4 Å². The van der Waals surface area contributed by atoms with Crippen molar-refractivity contribution in [3.63, 3.8) is 0 Å². The highest BCUT2D eigenvalue weighted by atomic mass is 15.0. The minimum atomic E-state index is -0.292. The molecule has 0 aromatic carbocycles. The van der Waals surface area contributed by atoms with E-state index in [-0.39, 0.29) is 5.92 Å². The molecule has 14 heavy (non-hydrogen) atoms. The quantitative estimate of drug-likeness (QED) is 0.571. The third-order valence-electron chi connectivity index (χ3n) is 2.08. The van der Waals surface area contributed by atoms with Gasteiger partial charge in [-0.25, -0.2) is 0 Å². The highest BCUT2D eigenvalue weighted by Crippen LogP contribution is 2.18. The largest absolute Gasteiger partial charge is 0.385 e. The predicted octanol–water partition coefficient (Wildman–Crippen LogP) is -0.333. The maximum Gasteiger partial charge on any atom is 0.126 e. The first-order valence-corrected chi connectivity index (χ1v) is 4.64. The van der Waals surface area contributed by atoms with Gasteiger partial charge in [-0.15, -0.1) is 0 Å². The summed E-state index contributed by atoms with van der Waals surface area (Å²) < 4.78 is 0. The van der Waals surface area contributed by atoms with Crippen LogP contribution in [0.15, 0.2) is 16.4 Å². The van der Waals surface area contributed by atoms with Crippen molar-refractivity contribution < 1.29 is 0 Å². The molecule has 1 heterocycles. The van der Waals surface area contributed by atoms with Gasteiger partial charge in [0.25, 0.3) is 0 Å². The van der Waals surface area contributed by atoms with Gasteiger partial charge in [0.1, 0.15) is 11.7 Å². The lowest BCUT2D eigenvalue weighted by Crippen LogP contribution is -2.28. The fourth-order valence-corrected chi connectivity index (χ4v) is 1.33. The predicted molar refractivity (Wildman–Crippen MR) is 55.1 cm³/mol. The molecule has 1 aliphatic heterocycles. The lowest BCUT2D eigenvalue weighted by molar-refractivity contribution is 0.736. The minimum Gasteiger partial charge on any atom is -0.385 e. The summed E-state index contributed by atoms with van der Waals surface area (Å²) in [6.07, 6.45) is 0.974. The number of nitriles is 1. The fraction of sp³-hybridized carbons (Fsp3) is 0.556. The van der Waals surface area contributed by atoms with Crippen LogP contribution in [-0.2, 0) is 0 Å². The van der Waals surface area contributed by atoms with Crippen molar-refractivity contribution in [2.24, 2.45) is 22.4 Å². The zero-order valence-electron chi connectivity index (χ0n) is 8.25. The Kier molecular flexibility index (Phi) is 3.35. The number of aliphatic imine (C=N–C) groups is 1. The van der Waals surface area contributed by atoms with Gasteiger partial charge in [-0.1, -0.05) is 6.92 Å². The van der Waals surface area contributed by atoms with E-state index in [1.807, 2.05) is 6.92 Å². The maximum absolute atomic E-state index is 8.83. The molecule has 0 bridgehead atoms. The normalized spacial score (nSPS) is 24.0. The molecule has 0 aromatic heterocycles. The standard InChI is InChI=1S/C9H15N5/c1-2-3-13-8(11)7-6(4-10)5-14-9(7)12/h6,13H,2-3,5,11H2,1H3,(H2,12,14). The van der Waals surface area contributed by atoms with Gasteiger partial charge in [0.15, 0.2) is 0 Å². The van der Waals surface area contributed by atoms with Crippen LogP contribution in [0.4, 0.5) is 0 Å². The Labute approximate surface area is 83.5 Å². The van der Waals surface area contributed by atoms with Crippen LogP contribution in [0.3, 0.4) is 0 Å². The summed E-state index contributed by atoms with van der Waals surface area (Å²) in [7, 11) is 0. The van der Waals surface area contributed by atoms with Gasteiger partial charge in [-0.05, 0) is 6.42 Å². The lowest BCUT2D eigenvalue weighted by Gasteiger charge is -2.10. The van der Waals surface area contributed by atoms with Gasteiger partial charge < -0.3 is 16.8 Å². The number of amidine groups is 1. The first kappa shape index (κ1) is 10.4. The minimum absolute atomic E-state index is 0.292. The molecule has 0 amide bonds. The van der Waals surface area contributed by atoms with Gasteiger partial charge in [0.2, 0.25) is 0 Å². The van der Waals surface area contributed by atoms with E-state index in [0.717, 1.165) is 13.0 Å². The summed E-state index contributed by atoms with van der Waals surface area (Å²) in [6, 6.07) is 2.13. The molecule has 0 fully saturated rings. The van der Waals surface area contributed by atoms with Crippen molar-refractivity contribution >= 4 is 5.84 Å². The van der Waals surface area contributed by atoms with E-state index in [2.05, 4.69) is 16.4 Å². The second-order valence-corrected chi connectivity index (χ2v) is 3.16. The van der Waals surface area contributed by atoms with Crippen LogP contribution in [0.1, 0.15) is 13.3 Å². The SMILES string of the molecule is CCCNC(N)=C1C(N)=NCC1C#N.